The molecule has 5 heteroatoms. The summed E-state index contributed by atoms with van der Waals surface area (Å²) < 4.78 is 9.53. The van der Waals surface area contributed by atoms with Crippen molar-refractivity contribution in [3.05, 3.63) is 11.7 Å². The number of hydrogen-bond donors (Lipinski definition) is 0. The first-order chi connectivity index (χ1) is 6.92. The number of aromatic nitrogens is 2. The van der Waals surface area contributed by atoms with E-state index in [9.17, 15) is 4.79 Å². The Labute approximate surface area is 88.8 Å². The quantitative estimate of drug-likeness (QED) is 0.715. The number of carbonyl (C=O) groups is 1. The van der Waals surface area contributed by atoms with Gasteiger partial charge in [0.25, 0.3) is 0 Å². The van der Waals surface area contributed by atoms with Crippen molar-refractivity contribution in [3.63, 3.8) is 0 Å². The van der Waals surface area contributed by atoms with E-state index in [2.05, 4.69) is 30.9 Å². The van der Waals surface area contributed by atoms with E-state index in [-0.39, 0.29) is 11.3 Å². The second-order valence-corrected chi connectivity index (χ2v) is 4.47. The van der Waals surface area contributed by atoms with Crippen LogP contribution in [0.2, 0.25) is 0 Å². The van der Waals surface area contributed by atoms with Gasteiger partial charge in [-0.1, -0.05) is 25.9 Å². The van der Waals surface area contributed by atoms with Crippen LogP contribution in [0.1, 0.15) is 44.2 Å². The highest BCUT2D eigenvalue weighted by Gasteiger charge is 2.20. The molecule has 0 atom stereocenters. The molecule has 0 aliphatic rings. The van der Waals surface area contributed by atoms with E-state index in [0.29, 0.717) is 18.9 Å². The fourth-order valence-electron chi connectivity index (χ4n) is 1.08. The molecule has 1 heterocycles. The van der Waals surface area contributed by atoms with Gasteiger partial charge in [0.15, 0.2) is 5.82 Å². The molecule has 0 unspecified atom stereocenters. The Morgan fingerprint density at radius 3 is 2.67 bits per heavy atom. The molecule has 0 aliphatic heterocycles. The van der Waals surface area contributed by atoms with Gasteiger partial charge in [0.1, 0.15) is 0 Å². The zero-order chi connectivity index (χ0) is 11.5. The van der Waals surface area contributed by atoms with E-state index < -0.39 is 5.97 Å². The van der Waals surface area contributed by atoms with E-state index in [4.69, 9.17) is 9.26 Å². The fourth-order valence-corrected chi connectivity index (χ4v) is 1.08. The topological polar surface area (TPSA) is 65.2 Å². The normalized spacial score (nSPS) is 11.5. The van der Waals surface area contributed by atoms with E-state index in [0.717, 1.165) is 0 Å². The molecule has 0 aliphatic carbocycles. The average Bonchev–Trinajstić information content (AvgIpc) is 2.50. The number of carbonyl (C=O) groups excluding carboxylic acids is 1. The molecule has 5 nitrogen and oxygen atoms in total. The van der Waals surface area contributed by atoms with Crippen molar-refractivity contribution in [1.29, 1.82) is 0 Å². The van der Waals surface area contributed by atoms with Crippen LogP contribution in [0.3, 0.4) is 0 Å². The molecule has 0 fully saturated rings. The largest absolute Gasteiger partial charge is 0.459 e. The third-order valence-electron chi connectivity index (χ3n) is 1.61. The van der Waals surface area contributed by atoms with Crippen LogP contribution in [-0.2, 0) is 11.2 Å². The van der Waals surface area contributed by atoms with Crippen LogP contribution in [0.25, 0.3) is 0 Å². The zero-order valence-electron chi connectivity index (χ0n) is 9.53. The average molecular weight is 212 g/mol. The smallest absolute Gasteiger partial charge is 0.397 e. The van der Waals surface area contributed by atoms with Crippen molar-refractivity contribution in [1.82, 2.24) is 10.1 Å². The lowest BCUT2D eigenvalue weighted by Gasteiger charge is -2.14. The Balaban J connectivity index is 2.68. The molecule has 0 amide bonds. The van der Waals surface area contributed by atoms with Crippen molar-refractivity contribution >= 4 is 5.97 Å². The maximum absolute atomic E-state index is 11.2. The highest BCUT2D eigenvalue weighted by molar-refractivity contribution is 5.83. The minimum Gasteiger partial charge on any atom is -0.459 e. The molecule has 0 saturated heterocycles. The monoisotopic (exact) mass is 212 g/mol. The molecule has 0 radical (unpaired) electrons. The molecule has 1 aromatic heterocycles. The van der Waals surface area contributed by atoms with E-state index in [1.54, 1.807) is 6.92 Å². The minimum absolute atomic E-state index is 0.0653. The Morgan fingerprint density at radius 2 is 2.13 bits per heavy atom. The Kier molecular flexibility index (Phi) is 3.44. The standard InChI is InChI=1S/C10H16N2O3/c1-5-14-9(13)8-11-7(12-15-8)6-10(2,3)4/h5-6H2,1-4H3. The lowest BCUT2D eigenvalue weighted by molar-refractivity contribution is 0.0470. The van der Waals surface area contributed by atoms with Gasteiger partial charge in [-0.05, 0) is 12.3 Å². The van der Waals surface area contributed by atoms with Gasteiger partial charge in [-0.25, -0.2) is 4.79 Å². The number of nitrogens with zero attached hydrogens (tertiary/aromatic N) is 2. The van der Waals surface area contributed by atoms with Crippen molar-refractivity contribution in [2.24, 2.45) is 5.41 Å². The third-order valence-corrected chi connectivity index (χ3v) is 1.61. The van der Waals surface area contributed by atoms with E-state index >= 15 is 0 Å². The number of rotatable bonds is 3. The molecule has 0 N–H and O–H groups in total. The molecule has 15 heavy (non-hydrogen) atoms. The third kappa shape index (κ3) is 3.69. The Bertz CT molecular complexity index is 339. The molecule has 1 rings (SSSR count). The number of ether oxygens (including phenoxy) is 1. The van der Waals surface area contributed by atoms with Gasteiger partial charge >= 0.3 is 11.9 Å². The van der Waals surface area contributed by atoms with Gasteiger partial charge in [0.05, 0.1) is 6.61 Å². The summed E-state index contributed by atoms with van der Waals surface area (Å²) in [6, 6.07) is 0. The maximum Gasteiger partial charge on any atom is 0.397 e. The molecule has 0 saturated carbocycles. The maximum atomic E-state index is 11.2. The first kappa shape index (κ1) is 11.7. The first-order valence-electron chi connectivity index (χ1n) is 4.92. The van der Waals surface area contributed by atoms with Gasteiger partial charge in [0.2, 0.25) is 0 Å². The van der Waals surface area contributed by atoms with Crippen LogP contribution in [0.4, 0.5) is 0 Å². The van der Waals surface area contributed by atoms with E-state index in [1.807, 2.05) is 0 Å². The molecule has 0 spiro atoms. The van der Waals surface area contributed by atoms with Crippen LogP contribution in [0.15, 0.2) is 4.52 Å². The van der Waals surface area contributed by atoms with Crippen molar-refractivity contribution < 1.29 is 14.1 Å². The molecule has 0 bridgehead atoms. The fraction of sp³-hybridized carbons (Fsp3) is 0.700. The molecule has 84 valence electrons. The minimum atomic E-state index is -0.565. The van der Waals surface area contributed by atoms with Crippen LogP contribution < -0.4 is 0 Å². The second-order valence-electron chi connectivity index (χ2n) is 4.47. The summed E-state index contributed by atoms with van der Waals surface area (Å²) in [5, 5.41) is 3.72. The summed E-state index contributed by atoms with van der Waals surface area (Å²) >= 11 is 0. The summed E-state index contributed by atoms with van der Waals surface area (Å²) in [6.07, 6.45) is 0.663. The highest BCUT2D eigenvalue weighted by atomic mass is 16.6. The van der Waals surface area contributed by atoms with Gasteiger partial charge in [-0.2, -0.15) is 4.98 Å². The van der Waals surface area contributed by atoms with Gasteiger partial charge < -0.3 is 9.26 Å². The summed E-state index contributed by atoms with van der Waals surface area (Å²) in [5.74, 6) is -0.105. The van der Waals surface area contributed by atoms with Gasteiger partial charge in [0, 0.05) is 6.42 Å². The Hall–Kier alpha value is -1.39. The Morgan fingerprint density at radius 1 is 1.47 bits per heavy atom. The van der Waals surface area contributed by atoms with Gasteiger partial charge in [-0.15, -0.1) is 0 Å². The first-order valence-corrected chi connectivity index (χ1v) is 4.92. The summed E-state index contributed by atoms with van der Waals surface area (Å²) in [7, 11) is 0. The van der Waals surface area contributed by atoms with Crippen molar-refractivity contribution in [2.45, 2.75) is 34.1 Å². The van der Waals surface area contributed by atoms with Crippen molar-refractivity contribution in [2.75, 3.05) is 6.61 Å². The van der Waals surface area contributed by atoms with Crippen LogP contribution in [0.5, 0.6) is 0 Å². The van der Waals surface area contributed by atoms with E-state index in [1.165, 1.54) is 0 Å². The van der Waals surface area contributed by atoms with Crippen LogP contribution in [-0.4, -0.2) is 22.7 Å². The van der Waals surface area contributed by atoms with Crippen LogP contribution >= 0.6 is 0 Å². The molecular formula is C10H16N2O3. The lowest BCUT2D eigenvalue weighted by Crippen LogP contribution is -2.11. The SMILES string of the molecule is CCOC(=O)c1nc(CC(C)(C)C)no1. The lowest BCUT2D eigenvalue weighted by atomic mass is 9.92. The zero-order valence-corrected chi connectivity index (χ0v) is 9.53. The summed E-state index contributed by atoms with van der Waals surface area (Å²) in [4.78, 5) is 15.2. The second kappa shape index (κ2) is 4.42. The predicted molar refractivity (Wildman–Crippen MR) is 53.4 cm³/mol. The highest BCUT2D eigenvalue weighted by Crippen LogP contribution is 2.18. The van der Waals surface area contributed by atoms with Crippen molar-refractivity contribution in [3.8, 4) is 0 Å². The summed E-state index contributed by atoms with van der Waals surface area (Å²) in [5.41, 5.74) is 0.0653. The number of hydrogen-bond acceptors (Lipinski definition) is 5. The molecule has 1 aromatic rings. The van der Waals surface area contributed by atoms with Gasteiger partial charge in [-0.3, -0.25) is 0 Å². The predicted octanol–water partition coefficient (Wildman–Crippen LogP) is 1.83. The molecular weight excluding hydrogens is 196 g/mol. The molecule has 0 aromatic carbocycles. The number of esters is 1. The van der Waals surface area contributed by atoms with Crippen LogP contribution in [0, 0.1) is 5.41 Å². The summed E-state index contributed by atoms with van der Waals surface area (Å²) in [6.45, 7) is 8.22.